The molecule has 0 radical (unpaired) electrons. The minimum atomic E-state index is -0.742. The van der Waals surface area contributed by atoms with E-state index in [1.165, 1.54) is 37.7 Å². The first-order chi connectivity index (χ1) is 9.62. The molecular formula is C20H34O. The Balaban J connectivity index is 2.21. The number of hydrogen-bond acceptors (Lipinski definition) is 1. The predicted octanol–water partition coefficient (Wildman–Crippen LogP) is 5.50. The lowest BCUT2D eigenvalue weighted by Gasteiger charge is -2.58. The molecular weight excluding hydrogens is 256 g/mol. The van der Waals surface area contributed by atoms with Gasteiger partial charge in [-0.2, -0.15) is 0 Å². The van der Waals surface area contributed by atoms with Crippen LogP contribution in [0.3, 0.4) is 0 Å². The second kappa shape index (κ2) is 5.57. The van der Waals surface area contributed by atoms with E-state index in [1.807, 2.05) is 6.92 Å². The Labute approximate surface area is 131 Å². The molecule has 1 heteroatoms. The molecule has 0 saturated heterocycles. The first-order valence-corrected chi connectivity index (χ1v) is 8.66. The highest BCUT2D eigenvalue weighted by Gasteiger charge is 2.52. The largest absolute Gasteiger partial charge is 0.386 e. The highest BCUT2D eigenvalue weighted by Crippen LogP contribution is 2.61. The quantitative estimate of drug-likeness (QED) is 0.678. The van der Waals surface area contributed by atoms with Gasteiger partial charge in [0.2, 0.25) is 0 Å². The van der Waals surface area contributed by atoms with Crippen LogP contribution in [0, 0.1) is 22.7 Å². The van der Waals surface area contributed by atoms with Crippen LogP contribution in [0.5, 0.6) is 0 Å². The predicted molar refractivity (Wildman–Crippen MR) is 91.1 cm³/mol. The highest BCUT2D eigenvalue weighted by atomic mass is 16.3. The normalized spacial score (nSPS) is 38.4. The Morgan fingerprint density at radius 1 is 1.33 bits per heavy atom. The first-order valence-electron chi connectivity index (χ1n) is 8.66. The molecule has 120 valence electrons. The maximum absolute atomic E-state index is 10.3. The fraction of sp³-hybridized carbons (Fsp3) is 0.800. The molecule has 2 rings (SSSR count). The Morgan fingerprint density at radius 2 is 2.00 bits per heavy atom. The van der Waals surface area contributed by atoms with E-state index in [1.54, 1.807) is 6.08 Å². The van der Waals surface area contributed by atoms with Crippen LogP contribution in [0.15, 0.2) is 24.8 Å². The van der Waals surface area contributed by atoms with Gasteiger partial charge in [-0.15, -0.1) is 6.58 Å². The van der Waals surface area contributed by atoms with Crippen molar-refractivity contribution in [3.63, 3.8) is 0 Å². The van der Waals surface area contributed by atoms with Crippen LogP contribution < -0.4 is 0 Å². The molecule has 0 aliphatic heterocycles. The van der Waals surface area contributed by atoms with Crippen molar-refractivity contribution in [3.05, 3.63) is 24.8 Å². The SMILES string of the molecule is C=C[C@](C)(O)CCC1C(=C)CCC2C(C)(C)CCCC12C. The zero-order valence-corrected chi connectivity index (χ0v) is 14.5. The van der Waals surface area contributed by atoms with E-state index >= 15 is 0 Å². The topological polar surface area (TPSA) is 20.2 Å². The van der Waals surface area contributed by atoms with E-state index < -0.39 is 5.60 Å². The first kappa shape index (κ1) is 16.8. The fourth-order valence-electron chi connectivity index (χ4n) is 5.35. The van der Waals surface area contributed by atoms with Gasteiger partial charge in [-0.1, -0.05) is 45.4 Å². The smallest absolute Gasteiger partial charge is 0.0797 e. The van der Waals surface area contributed by atoms with Crippen molar-refractivity contribution in [1.82, 2.24) is 0 Å². The van der Waals surface area contributed by atoms with Gasteiger partial charge in [-0.05, 0) is 68.1 Å². The van der Waals surface area contributed by atoms with Gasteiger partial charge in [-0.3, -0.25) is 0 Å². The number of allylic oxidation sites excluding steroid dienone is 1. The van der Waals surface area contributed by atoms with Gasteiger partial charge in [0.05, 0.1) is 5.60 Å². The minimum Gasteiger partial charge on any atom is -0.386 e. The highest BCUT2D eigenvalue weighted by molar-refractivity contribution is 5.16. The molecule has 0 spiro atoms. The monoisotopic (exact) mass is 290 g/mol. The standard InChI is InChI=1S/C20H34O/c1-7-19(5,21)14-11-16-15(2)9-10-17-18(3,4)12-8-13-20(16,17)6/h7,16-17,21H,1-2,8-14H2,3-6H3/t16?,17?,19-,20?/m0/s1. The summed E-state index contributed by atoms with van der Waals surface area (Å²) in [6.07, 6.45) is 10.0. The van der Waals surface area contributed by atoms with Gasteiger partial charge in [0, 0.05) is 0 Å². The molecule has 1 N–H and O–H groups in total. The zero-order chi connectivity index (χ0) is 15.9. The van der Waals surface area contributed by atoms with Crippen LogP contribution in [-0.4, -0.2) is 10.7 Å². The van der Waals surface area contributed by atoms with Gasteiger partial charge in [0.15, 0.2) is 0 Å². The average molecular weight is 290 g/mol. The number of aliphatic hydroxyl groups is 1. The Kier molecular flexibility index (Phi) is 4.46. The third-order valence-electron chi connectivity index (χ3n) is 6.70. The van der Waals surface area contributed by atoms with Crippen molar-refractivity contribution in [3.8, 4) is 0 Å². The summed E-state index contributed by atoms with van der Waals surface area (Å²) in [6, 6.07) is 0. The van der Waals surface area contributed by atoms with Crippen molar-refractivity contribution in [1.29, 1.82) is 0 Å². The summed E-state index contributed by atoms with van der Waals surface area (Å²) in [6.45, 7) is 17.4. The molecule has 2 aliphatic carbocycles. The van der Waals surface area contributed by atoms with E-state index in [4.69, 9.17) is 0 Å². The molecule has 2 fully saturated rings. The third kappa shape index (κ3) is 3.13. The van der Waals surface area contributed by atoms with Crippen LogP contribution >= 0.6 is 0 Å². The number of rotatable bonds is 4. The maximum atomic E-state index is 10.3. The van der Waals surface area contributed by atoms with Gasteiger partial charge in [0.1, 0.15) is 0 Å². The molecule has 4 atom stereocenters. The van der Waals surface area contributed by atoms with Gasteiger partial charge in [0.25, 0.3) is 0 Å². The zero-order valence-electron chi connectivity index (χ0n) is 14.5. The summed E-state index contributed by atoms with van der Waals surface area (Å²) in [5, 5.41) is 10.3. The van der Waals surface area contributed by atoms with Gasteiger partial charge < -0.3 is 5.11 Å². The van der Waals surface area contributed by atoms with Crippen LogP contribution in [0.4, 0.5) is 0 Å². The molecule has 0 aromatic carbocycles. The van der Waals surface area contributed by atoms with E-state index in [2.05, 4.69) is 33.9 Å². The fourth-order valence-corrected chi connectivity index (χ4v) is 5.35. The molecule has 0 aromatic rings. The van der Waals surface area contributed by atoms with Gasteiger partial charge >= 0.3 is 0 Å². The summed E-state index contributed by atoms with van der Waals surface area (Å²) in [5.74, 6) is 1.35. The molecule has 0 bridgehead atoms. The summed E-state index contributed by atoms with van der Waals surface area (Å²) in [4.78, 5) is 0. The van der Waals surface area contributed by atoms with Crippen molar-refractivity contribution in [2.75, 3.05) is 0 Å². The lowest BCUT2D eigenvalue weighted by Crippen LogP contribution is -2.49. The van der Waals surface area contributed by atoms with Crippen LogP contribution in [0.25, 0.3) is 0 Å². The molecule has 21 heavy (non-hydrogen) atoms. The van der Waals surface area contributed by atoms with Gasteiger partial charge in [-0.25, -0.2) is 0 Å². The van der Waals surface area contributed by atoms with Crippen molar-refractivity contribution >= 4 is 0 Å². The second-order valence-corrected chi connectivity index (χ2v) is 8.75. The van der Waals surface area contributed by atoms with E-state index in [9.17, 15) is 5.11 Å². The Hall–Kier alpha value is -0.560. The summed E-state index contributed by atoms with van der Waals surface area (Å²) < 4.78 is 0. The number of fused-ring (bicyclic) bond motifs is 1. The van der Waals surface area contributed by atoms with E-state index in [0.29, 0.717) is 16.7 Å². The lowest BCUT2D eigenvalue weighted by molar-refractivity contribution is -0.0583. The molecule has 1 nitrogen and oxygen atoms in total. The van der Waals surface area contributed by atoms with Crippen LogP contribution in [-0.2, 0) is 0 Å². The molecule has 3 unspecified atom stereocenters. The van der Waals surface area contributed by atoms with Crippen molar-refractivity contribution < 1.29 is 5.11 Å². The molecule has 0 heterocycles. The maximum Gasteiger partial charge on any atom is 0.0797 e. The molecule has 0 aromatic heterocycles. The number of hydrogen-bond donors (Lipinski definition) is 1. The Bertz CT molecular complexity index is 418. The van der Waals surface area contributed by atoms with Crippen LogP contribution in [0.2, 0.25) is 0 Å². The van der Waals surface area contributed by atoms with Crippen molar-refractivity contribution in [2.45, 2.75) is 78.2 Å². The third-order valence-corrected chi connectivity index (χ3v) is 6.70. The summed E-state index contributed by atoms with van der Waals surface area (Å²) in [7, 11) is 0. The lowest BCUT2D eigenvalue weighted by atomic mass is 9.47. The molecule has 2 aliphatic rings. The molecule has 2 saturated carbocycles. The molecule has 0 amide bonds. The second-order valence-electron chi connectivity index (χ2n) is 8.75. The summed E-state index contributed by atoms with van der Waals surface area (Å²) in [5.41, 5.74) is 1.50. The minimum absolute atomic E-state index is 0.369. The van der Waals surface area contributed by atoms with Crippen molar-refractivity contribution in [2.24, 2.45) is 22.7 Å². The van der Waals surface area contributed by atoms with E-state index in [0.717, 1.165) is 18.8 Å². The van der Waals surface area contributed by atoms with E-state index in [-0.39, 0.29) is 0 Å². The Morgan fingerprint density at radius 3 is 2.62 bits per heavy atom. The average Bonchev–Trinajstić information content (AvgIpc) is 2.36. The summed E-state index contributed by atoms with van der Waals surface area (Å²) >= 11 is 0. The van der Waals surface area contributed by atoms with Crippen LogP contribution in [0.1, 0.15) is 72.6 Å².